The normalized spacial score (nSPS) is 15.1. The number of allylic oxidation sites excluding steroid dienone is 1. The molecular weight excluding hydrogens is 466 g/mol. The quantitative estimate of drug-likeness (QED) is 0.216. The molecular formula is C22H20ClN5O4S. The summed E-state index contributed by atoms with van der Waals surface area (Å²) in [5, 5.41) is 20.2. The number of nitrogens with zero attached hydrogens (tertiary/aromatic N) is 4. The minimum atomic E-state index is -0.734. The molecule has 4 rings (SSSR count). The third-order valence-electron chi connectivity index (χ3n) is 5.04. The van der Waals surface area contributed by atoms with Crippen LogP contribution in [0.4, 0.5) is 11.6 Å². The number of benzene rings is 2. The molecule has 1 aromatic heterocycles. The van der Waals surface area contributed by atoms with Crippen molar-refractivity contribution in [3.63, 3.8) is 0 Å². The molecule has 0 bridgehead atoms. The zero-order valence-corrected chi connectivity index (χ0v) is 19.4. The lowest BCUT2D eigenvalue weighted by Gasteiger charge is -2.27. The number of rotatable bonds is 7. The first-order valence-corrected chi connectivity index (χ1v) is 11.5. The largest absolute Gasteiger partial charge is 0.463 e. The number of esters is 1. The summed E-state index contributed by atoms with van der Waals surface area (Å²) in [6.07, 6.45) is 0. The summed E-state index contributed by atoms with van der Waals surface area (Å²) in [4.78, 5) is 28.3. The van der Waals surface area contributed by atoms with E-state index < -0.39 is 16.9 Å². The van der Waals surface area contributed by atoms with Crippen molar-refractivity contribution in [2.45, 2.75) is 30.8 Å². The number of aromatic nitrogens is 3. The molecule has 1 N–H and O–H groups in total. The van der Waals surface area contributed by atoms with Gasteiger partial charge in [-0.25, -0.2) is 9.48 Å². The first-order chi connectivity index (χ1) is 15.9. The van der Waals surface area contributed by atoms with Crippen LogP contribution in [0, 0.1) is 10.1 Å². The Kier molecular flexibility index (Phi) is 6.66. The Morgan fingerprint density at radius 1 is 1.30 bits per heavy atom. The Balaban J connectivity index is 1.74. The first-order valence-electron chi connectivity index (χ1n) is 10.1. The number of nitro benzene ring substituents is 1. The lowest BCUT2D eigenvalue weighted by molar-refractivity contribution is -0.384. The standard InChI is InChI=1S/C22H20ClN5O4S/c1-3-32-20(29)18-13(2)24-21-25-22(33-12-15-7-4-5-10-17(15)23)26-27(21)19(18)14-8-6-9-16(11-14)28(30)31/h4-11,19H,3,12H2,1-2H3,(H,24,25,26). The highest BCUT2D eigenvalue weighted by atomic mass is 35.5. The minimum Gasteiger partial charge on any atom is -0.463 e. The topological polar surface area (TPSA) is 112 Å². The van der Waals surface area contributed by atoms with Gasteiger partial charge in [0, 0.05) is 28.6 Å². The molecule has 3 aromatic rings. The Bertz CT molecular complexity index is 1260. The number of halogens is 1. The van der Waals surface area contributed by atoms with E-state index in [4.69, 9.17) is 16.3 Å². The van der Waals surface area contributed by atoms with E-state index in [1.807, 2.05) is 24.3 Å². The van der Waals surface area contributed by atoms with Crippen LogP contribution in [0.5, 0.6) is 0 Å². The zero-order chi connectivity index (χ0) is 23.5. The molecule has 0 aliphatic carbocycles. The molecule has 0 radical (unpaired) electrons. The molecule has 2 heterocycles. The molecule has 33 heavy (non-hydrogen) atoms. The van der Waals surface area contributed by atoms with E-state index in [-0.39, 0.29) is 12.3 Å². The van der Waals surface area contributed by atoms with Crippen LogP contribution in [-0.2, 0) is 15.3 Å². The maximum absolute atomic E-state index is 12.8. The predicted molar refractivity (Wildman–Crippen MR) is 125 cm³/mol. The Morgan fingerprint density at radius 2 is 2.09 bits per heavy atom. The van der Waals surface area contributed by atoms with Crippen LogP contribution in [0.15, 0.2) is 65.0 Å². The molecule has 2 aromatic carbocycles. The maximum atomic E-state index is 12.8. The van der Waals surface area contributed by atoms with Gasteiger partial charge in [-0.15, -0.1) is 5.10 Å². The summed E-state index contributed by atoms with van der Waals surface area (Å²) >= 11 is 7.65. The number of non-ortho nitro benzene ring substituents is 1. The molecule has 11 heteroatoms. The van der Waals surface area contributed by atoms with Crippen LogP contribution in [0.25, 0.3) is 0 Å². The van der Waals surface area contributed by atoms with Gasteiger partial charge in [-0.2, -0.15) is 4.98 Å². The first kappa shape index (κ1) is 22.8. The number of ether oxygens (including phenoxy) is 1. The van der Waals surface area contributed by atoms with Gasteiger partial charge >= 0.3 is 5.97 Å². The minimum absolute atomic E-state index is 0.0816. The van der Waals surface area contributed by atoms with Crippen molar-refractivity contribution in [1.29, 1.82) is 0 Å². The van der Waals surface area contributed by atoms with Gasteiger partial charge in [0.2, 0.25) is 11.1 Å². The second-order valence-corrected chi connectivity index (χ2v) is 8.53. The van der Waals surface area contributed by atoms with E-state index in [2.05, 4.69) is 15.4 Å². The number of anilines is 1. The van der Waals surface area contributed by atoms with Crippen LogP contribution >= 0.6 is 23.4 Å². The fourth-order valence-electron chi connectivity index (χ4n) is 3.54. The molecule has 1 atom stereocenters. The Labute approximate surface area is 199 Å². The highest BCUT2D eigenvalue weighted by Gasteiger charge is 2.35. The van der Waals surface area contributed by atoms with E-state index in [0.29, 0.717) is 38.7 Å². The van der Waals surface area contributed by atoms with Crippen molar-refractivity contribution in [2.75, 3.05) is 11.9 Å². The summed E-state index contributed by atoms with van der Waals surface area (Å²) in [6, 6.07) is 12.9. The van der Waals surface area contributed by atoms with Crippen molar-refractivity contribution in [1.82, 2.24) is 14.8 Å². The highest BCUT2D eigenvalue weighted by molar-refractivity contribution is 7.98. The summed E-state index contributed by atoms with van der Waals surface area (Å²) in [6.45, 7) is 3.66. The molecule has 0 amide bonds. The third kappa shape index (κ3) is 4.71. The lowest BCUT2D eigenvalue weighted by Crippen LogP contribution is -2.29. The number of nitro groups is 1. The summed E-state index contributed by atoms with van der Waals surface area (Å²) in [5.41, 5.74) is 2.26. The molecule has 170 valence electrons. The molecule has 1 aliphatic heterocycles. The second-order valence-electron chi connectivity index (χ2n) is 7.18. The van der Waals surface area contributed by atoms with Crippen LogP contribution in [0.3, 0.4) is 0 Å². The average Bonchev–Trinajstić information content (AvgIpc) is 3.20. The van der Waals surface area contributed by atoms with Gasteiger partial charge in [0.25, 0.3) is 5.69 Å². The van der Waals surface area contributed by atoms with E-state index >= 15 is 0 Å². The number of fused-ring (bicyclic) bond motifs is 1. The van der Waals surface area contributed by atoms with Crippen molar-refractivity contribution >= 4 is 41.0 Å². The van der Waals surface area contributed by atoms with Crippen molar-refractivity contribution in [3.8, 4) is 0 Å². The predicted octanol–water partition coefficient (Wildman–Crippen LogP) is 4.98. The molecule has 9 nitrogen and oxygen atoms in total. The van der Waals surface area contributed by atoms with Crippen LogP contribution in [0.2, 0.25) is 5.02 Å². The van der Waals surface area contributed by atoms with E-state index in [1.54, 1.807) is 30.7 Å². The van der Waals surface area contributed by atoms with E-state index in [1.165, 1.54) is 23.9 Å². The van der Waals surface area contributed by atoms with Crippen LogP contribution in [-0.4, -0.2) is 32.3 Å². The number of carbonyl (C=O) groups excluding carboxylic acids is 1. The summed E-state index contributed by atoms with van der Waals surface area (Å²) in [5.74, 6) is 0.464. The van der Waals surface area contributed by atoms with Gasteiger partial charge in [0.1, 0.15) is 6.04 Å². The Hall–Kier alpha value is -3.37. The zero-order valence-electron chi connectivity index (χ0n) is 17.8. The van der Waals surface area contributed by atoms with Crippen LogP contribution in [0.1, 0.15) is 31.0 Å². The lowest BCUT2D eigenvalue weighted by atomic mass is 9.95. The second kappa shape index (κ2) is 9.63. The van der Waals surface area contributed by atoms with Gasteiger partial charge < -0.3 is 10.1 Å². The number of nitrogens with one attached hydrogen (secondary N) is 1. The van der Waals surface area contributed by atoms with Gasteiger partial charge in [-0.3, -0.25) is 10.1 Å². The molecule has 1 unspecified atom stereocenters. The molecule has 0 spiro atoms. The Morgan fingerprint density at radius 3 is 2.82 bits per heavy atom. The number of hydrogen-bond donors (Lipinski definition) is 1. The van der Waals surface area contributed by atoms with Crippen molar-refractivity contribution < 1.29 is 14.5 Å². The summed E-state index contributed by atoms with van der Waals surface area (Å²) < 4.78 is 6.83. The molecule has 0 fully saturated rings. The molecule has 1 aliphatic rings. The van der Waals surface area contributed by atoms with Gasteiger partial charge in [-0.1, -0.05) is 53.7 Å². The monoisotopic (exact) mass is 485 g/mol. The van der Waals surface area contributed by atoms with Crippen molar-refractivity contribution in [2.24, 2.45) is 0 Å². The van der Waals surface area contributed by atoms with Crippen molar-refractivity contribution in [3.05, 3.63) is 86.1 Å². The number of hydrogen-bond acceptors (Lipinski definition) is 8. The smallest absolute Gasteiger partial charge is 0.338 e. The third-order valence-corrected chi connectivity index (χ3v) is 6.30. The van der Waals surface area contributed by atoms with Crippen LogP contribution < -0.4 is 5.32 Å². The van der Waals surface area contributed by atoms with E-state index in [0.717, 1.165) is 5.56 Å². The highest BCUT2D eigenvalue weighted by Crippen LogP contribution is 2.38. The van der Waals surface area contributed by atoms with Gasteiger partial charge in [0.05, 0.1) is 17.1 Å². The number of carbonyl (C=O) groups is 1. The van der Waals surface area contributed by atoms with Gasteiger partial charge in [-0.05, 0) is 31.0 Å². The SMILES string of the molecule is CCOC(=O)C1=C(C)Nc2nc(SCc3ccccc3Cl)nn2C1c1cccc([N+](=O)[O-])c1. The van der Waals surface area contributed by atoms with E-state index in [9.17, 15) is 14.9 Å². The number of thioether (sulfide) groups is 1. The fraction of sp³-hybridized carbons (Fsp3) is 0.227. The van der Waals surface area contributed by atoms with Gasteiger partial charge in [0.15, 0.2) is 0 Å². The maximum Gasteiger partial charge on any atom is 0.338 e. The summed E-state index contributed by atoms with van der Waals surface area (Å²) in [7, 11) is 0. The average molecular weight is 486 g/mol. The fourth-order valence-corrected chi connectivity index (χ4v) is 4.65. The molecule has 0 saturated carbocycles. The molecule has 0 saturated heterocycles.